The number of aromatic nitrogens is 3. The third kappa shape index (κ3) is 3.53. The normalized spacial score (nSPS) is 26.2. The van der Waals surface area contributed by atoms with Gasteiger partial charge in [0.25, 0.3) is 6.01 Å². The van der Waals surface area contributed by atoms with E-state index in [9.17, 15) is 5.11 Å². The average molecular weight is 423 g/mol. The van der Waals surface area contributed by atoms with Gasteiger partial charge in [-0.3, -0.25) is 0 Å². The summed E-state index contributed by atoms with van der Waals surface area (Å²) in [6, 6.07) is 5.46. The summed E-state index contributed by atoms with van der Waals surface area (Å²) >= 11 is 6.32. The molecule has 10 nitrogen and oxygen atoms in total. The first-order valence-corrected chi connectivity index (χ1v) is 9.55. The summed E-state index contributed by atoms with van der Waals surface area (Å²) in [4.78, 5) is 11.8. The number of H-pyrrole nitrogens is 1. The molecular formula is C18H19ClN4O6. The van der Waals surface area contributed by atoms with Gasteiger partial charge in [0, 0.05) is 0 Å². The van der Waals surface area contributed by atoms with Crippen molar-refractivity contribution in [1.82, 2.24) is 15.0 Å². The molecule has 0 amide bonds. The van der Waals surface area contributed by atoms with Crippen LogP contribution in [-0.2, 0) is 22.6 Å². The fourth-order valence-electron chi connectivity index (χ4n) is 3.54. The number of aliphatic hydroxyl groups excluding tert-OH is 2. The molecule has 29 heavy (non-hydrogen) atoms. The minimum absolute atomic E-state index is 0.154. The van der Waals surface area contributed by atoms with Crippen LogP contribution in [0.25, 0.3) is 11.2 Å². The van der Waals surface area contributed by atoms with Gasteiger partial charge in [0.15, 0.2) is 11.8 Å². The number of aromatic amines is 1. The number of anilines is 1. The van der Waals surface area contributed by atoms with Crippen LogP contribution < -0.4 is 10.1 Å². The van der Waals surface area contributed by atoms with Crippen LogP contribution in [0.3, 0.4) is 0 Å². The number of pyridine rings is 1. The van der Waals surface area contributed by atoms with Crippen LogP contribution >= 0.6 is 11.6 Å². The molecule has 0 radical (unpaired) electrons. The number of rotatable bonds is 6. The maximum absolute atomic E-state index is 9.83. The molecule has 0 saturated carbocycles. The van der Waals surface area contributed by atoms with E-state index in [0.717, 1.165) is 0 Å². The summed E-state index contributed by atoms with van der Waals surface area (Å²) in [5, 5.41) is 22.4. The molecule has 0 unspecified atom stereocenters. The second kappa shape index (κ2) is 7.47. The van der Waals surface area contributed by atoms with Crippen molar-refractivity contribution in [3.63, 3.8) is 0 Å². The molecule has 2 aliphatic heterocycles. The maximum atomic E-state index is 9.83. The molecule has 5 heterocycles. The van der Waals surface area contributed by atoms with Crippen molar-refractivity contribution < 1.29 is 28.8 Å². The second-order valence-electron chi connectivity index (χ2n) is 6.93. The van der Waals surface area contributed by atoms with E-state index >= 15 is 0 Å². The minimum Gasteiger partial charge on any atom is -0.462 e. The van der Waals surface area contributed by atoms with E-state index in [4.69, 9.17) is 35.3 Å². The number of nitrogens with zero attached hydrogens (tertiary/aromatic N) is 2. The Bertz CT molecular complexity index is 1020. The number of hydrogen-bond acceptors (Lipinski definition) is 9. The Balaban J connectivity index is 1.30. The van der Waals surface area contributed by atoms with Crippen LogP contribution in [-0.4, -0.2) is 62.8 Å². The van der Waals surface area contributed by atoms with Crippen LogP contribution in [0, 0.1) is 0 Å². The predicted octanol–water partition coefficient (Wildman–Crippen LogP) is 1.21. The molecule has 2 saturated heterocycles. The van der Waals surface area contributed by atoms with Gasteiger partial charge in [-0.2, -0.15) is 4.98 Å². The second-order valence-corrected chi connectivity index (χ2v) is 7.34. The lowest BCUT2D eigenvalue weighted by molar-refractivity contribution is 0.00706. The first-order chi connectivity index (χ1) is 14.1. The Morgan fingerprint density at radius 1 is 1.21 bits per heavy atom. The zero-order valence-electron chi connectivity index (χ0n) is 15.2. The lowest BCUT2D eigenvalue weighted by Crippen LogP contribution is -2.34. The molecule has 0 bridgehead atoms. The maximum Gasteiger partial charge on any atom is 0.296 e. The summed E-state index contributed by atoms with van der Waals surface area (Å²) in [6.45, 7) is 0.743. The van der Waals surface area contributed by atoms with Crippen LogP contribution in [0.4, 0.5) is 5.82 Å². The fraction of sp³-hybridized carbons (Fsp3) is 0.444. The van der Waals surface area contributed by atoms with Crippen LogP contribution in [0.1, 0.15) is 11.5 Å². The summed E-state index contributed by atoms with van der Waals surface area (Å²) in [6.07, 6.45) is -1.71. The smallest absolute Gasteiger partial charge is 0.296 e. The topological polar surface area (TPSA) is 135 Å². The number of fused-ring (bicyclic) bond motifs is 2. The molecular weight excluding hydrogens is 404 g/mol. The highest BCUT2D eigenvalue weighted by Crippen LogP contribution is 2.30. The molecule has 4 N–H and O–H groups in total. The zero-order chi connectivity index (χ0) is 20.0. The SMILES string of the molecule is OCc1ccc(CNc2nc3nc(O[C@@H]4CO[C@H]5[C@@H]4OC[C@H]5O)[nH]c3cc2Cl)o1. The minimum atomic E-state index is -0.638. The van der Waals surface area contributed by atoms with E-state index in [-0.39, 0.29) is 37.5 Å². The van der Waals surface area contributed by atoms with Crippen molar-refractivity contribution >= 4 is 28.6 Å². The van der Waals surface area contributed by atoms with Gasteiger partial charge in [0.1, 0.15) is 42.3 Å². The molecule has 5 rings (SSSR count). The molecule has 3 aromatic heterocycles. The van der Waals surface area contributed by atoms with Gasteiger partial charge in [-0.1, -0.05) is 11.6 Å². The quantitative estimate of drug-likeness (QED) is 0.462. The van der Waals surface area contributed by atoms with Gasteiger partial charge >= 0.3 is 0 Å². The first kappa shape index (κ1) is 18.6. The number of nitrogens with one attached hydrogen (secondary N) is 2. The lowest BCUT2D eigenvalue weighted by Gasteiger charge is -2.15. The van der Waals surface area contributed by atoms with Crippen LogP contribution in [0.5, 0.6) is 6.01 Å². The average Bonchev–Trinajstić information content (AvgIpc) is 3.47. The largest absolute Gasteiger partial charge is 0.462 e. The molecule has 3 aromatic rings. The first-order valence-electron chi connectivity index (χ1n) is 9.17. The molecule has 2 fully saturated rings. The van der Waals surface area contributed by atoms with Crippen molar-refractivity contribution in [2.24, 2.45) is 0 Å². The Labute approximate surface area is 169 Å². The summed E-state index contributed by atoms with van der Waals surface area (Å²) < 4.78 is 22.4. The van der Waals surface area contributed by atoms with E-state index in [1.807, 2.05) is 0 Å². The highest BCUT2D eigenvalue weighted by molar-refractivity contribution is 6.33. The van der Waals surface area contributed by atoms with E-state index in [1.54, 1.807) is 18.2 Å². The van der Waals surface area contributed by atoms with E-state index in [2.05, 4.69) is 20.3 Å². The Morgan fingerprint density at radius 3 is 2.86 bits per heavy atom. The van der Waals surface area contributed by atoms with Crippen molar-refractivity contribution in [3.05, 3.63) is 34.7 Å². The number of hydrogen-bond donors (Lipinski definition) is 4. The zero-order valence-corrected chi connectivity index (χ0v) is 15.9. The number of ether oxygens (including phenoxy) is 3. The molecule has 4 atom stereocenters. The van der Waals surface area contributed by atoms with Gasteiger partial charge in [0.2, 0.25) is 0 Å². The fourth-order valence-corrected chi connectivity index (χ4v) is 3.76. The van der Waals surface area contributed by atoms with Crippen molar-refractivity contribution in [2.75, 3.05) is 18.5 Å². The molecule has 0 aliphatic carbocycles. The summed E-state index contributed by atoms with van der Waals surface area (Å²) in [5.74, 6) is 1.58. The number of halogens is 1. The van der Waals surface area contributed by atoms with Crippen molar-refractivity contribution in [1.29, 1.82) is 0 Å². The molecule has 154 valence electrons. The molecule has 0 aromatic carbocycles. The molecule has 11 heteroatoms. The number of aliphatic hydroxyl groups is 2. The Morgan fingerprint density at radius 2 is 2.03 bits per heavy atom. The van der Waals surface area contributed by atoms with Gasteiger partial charge in [-0.15, -0.1) is 0 Å². The predicted molar refractivity (Wildman–Crippen MR) is 101 cm³/mol. The third-order valence-corrected chi connectivity index (χ3v) is 5.24. The summed E-state index contributed by atoms with van der Waals surface area (Å²) in [7, 11) is 0. The van der Waals surface area contributed by atoms with Gasteiger partial charge in [0.05, 0.1) is 30.3 Å². The third-order valence-electron chi connectivity index (χ3n) is 4.95. The van der Waals surface area contributed by atoms with Gasteiger partial charge in [-0.25, -0.2) is 4.98 Å². The number of furan rings is 1. The number of imidazole rings is 1. The van der Waals surface area contributed by atoms with Crippen molar-refractivity contribution in [3.8, 4) is 6.01 Å². The molecule has 0 spiro atoms. The van der Waals surface area contributed by atoms with Gasteiger partial charge in [-0.05, 0) is 18.2 Å². The monoisotopic (exact) mass is 422 g/mol. The Kier molecular flexibility index (Phi) is 4.80. The van der Waals surface area contributed by atoms with E-state index in [0.29, 0.717) is 46.7 Å². The highest BCUT2D eigenvalue weighted by atomic mass is 35.5. The van der Waals surface area contributed by atoms with Crippen LogP contribution in [0.15, 0.2) is 22.6 Å². The standard InChI is InChI=1S/C18H19ClN4O6/c19-10-3-11-17(22-16(10)20-4-8-1-2-9(5-24)28-8)23-18(21-11)29-13-7-27-14-12(25)6-26-15(13)14/h1-3,12-15,24-25H,4-7H2,(H2,20,21,22,23)/t12-,13-,14-,15-/m1/s1. The van der Waals surface area contributed by atoms with Gasteiger partial charge < -0.3 is 39.1 Å². The van der Waals surface area contributed by atoms with Crippen LogP contribution in [0.2, 0.25) is 5.02 Å². The van der Waals surface area contributed by atoms with E-state index in [1.165, 1.54) is 0 Å². The van der Waals surface area contributed by atoms with Crippen molar-refractivity contribution in [2.45, 2.75) is 37.6 Å². The lowest BCUT2D eigenvalue weighted by atomic mass is 10.1. The highest BCUT2D eigenvalue weighted by Gasteiger charge is 2.48. The summed E-state index contributed by atoms with van der Waals surface area (Å²) in [5.41, 5.74) is 1.06. The van der Waals surface area contributed by atoms with E-state index < -0.39 is 6.10 Å². The Hall–Kier alpha value is -2.37. The molecule has 2 aliphatic rings.